The van der Waals surface area contributed by atoms with E-state index in [0.717, 1.165) is 32.1 Å². The molecule has 0 aromatic heterocycles. The molecule has 2 aliphatic rings. The summed E-state index contributed by atoms with van der Waals surface area (Å²) in [6.07, 6.45) is 4.22. The number of hydrogen-bond acceptors (Lipinski definition) is 5. The van der Waals surface area contributed by atoms with E-state index in [-0.39, 0.29) is 12.2 Å². The average molecular weight is 400 g/mol. The van der Waals surface area contributed by atoms with E-state index in [0.29, 0.717) is 17.3 Å². The molecular weight excluding hydrogens is 374 g/mol. The van der Waals surface area contributed by atoms with Crippen molar-refractivity contribution in [2.75, 3.05) is 6.54 Å². The Kier molecular flexibility index (Phi) is 5.75. The van der Waals surface area contributed by atoms with Gasteiger partial charge in [0.1, 0.15) is 12.2 Å². The molecule has 2 aliphatic heterocycles. The maximum absolute atomic E-state index is 13.0. The first-order chi connectivity index (χ1) is 13.6. The van der Waals surface area contributed by atoms with E-state index in [1.54, 1.807) is 24.3 Å². The van der Waals surface area contributed by atoms with Crippen molar-refractivity contribution in [1.29, 1.82) is 0 Å². The number of sulfonamides is 1. The fraction of sp³-hybridized carbons (Fsp3) is 0.381. The lowest BCUT2D eigenvalue weighted by atomic mass is 10.1. The van der Waals surface area contributed by atoms with Crippen LogP contribution in [0.4, 0.5) is 0 Å². The second-order valence-electron chi connectivity index (χ2n) is 7.17. The third-order valence-electron chi connectivity index (χ3n) is 5.21. The van der Waals surface area contributed by atoms with Crippen molar-refractivity contribution >= 4 is 15.9 Å². The van der Waals surface area contributed by atoms with Gasteiger partial charge in [0.2, 0.25) is 15.9 Å². The number of aliphatic imine (C=N–C) groups is 1. The molecule has 7 heteroatoms. The third kappa shape index (κ3) is 4.11. The van der Waals surface area contributed by atoms with Gasteiger partial charge in [-0.1, -0.05) is 48.5 Å². The Bertz CT molecular complexity index is 916. The van der Waals surface area contributed by atoms with E-state index in [1.807, 2.05) is 24.3 Å². The van der Waals surface area contributed by atoms with E-state index in [4.69, 9.17) is 4.84 Å². The highest BCUT2D eigenvalue weighted by Gasteiger charge is 2.41. The highest BCUT2D eigenvalue weighted by atomic mass is 32.2. The van der Waals surface area contributed by atoms with Gasteiger partial charge >= 0.3 is 0 Å². The number of nitrogens with one attached hydrogen (secondary N) is 1. The number of benzene rings is 2. The minimum atomic E-state index is -3.55. The van der Waals surface area contributed by atoms with Gasteiger partial charge in [-0.3, -0.25) is 0 Å². The number of aryl methyl sites for hydroxylation is 1. The summed E-state index contributed by atoms with van der Waals surface area (Å²) in [4.78, 5) is 10.6. The smallest absolute Gasteiger partial charge is 0.243 e. The largest absolute Gasteiger partial charge is 0.390 e. The topological polar surface area (TPSA) is 71.0 Å². The molecule has 0 aliphatic carbocycles. The molecule has 2 atom stereocenters. The monoisotopic (exact) mass is 399 g/mol. The lowest BCUT2D eigenvalue weighted by molar-refractivity contribution is 0.162. The fourth-order valence-electron chi connectivity index (χ4n) is 3.76. The lowest BCUT2D eigenvalue weighted by Gasteiger charge is -2.22. The summed E-state index contributed by atoms with van der Waals surface area (Å²) in [5, 5.41) is 0. The zero-order valence-corrected chi connectivity index (χ0v) is 16.5. The highest BCUT2D eigenvalue weighted by Crippen LogP contribution is 2.28. The van der Waals surface area contributed by atoms with Gasteiger partial charge in [0.15, 0.2) is 0 Å². The van der Waals surface area contributed by atoms with E-state index in [2.05, 4.69) is 22.6 Å². The van der Waals surface area contributed by atoms with Gasteiger partial charge in [0.25, 0.3) is 0 Å². The van der Waals surface area contributed by atoms with Gasteiger partial charge in [0, 0.05) is 6.54 Å². The van der Waals surface area contributed by atoms with Crippen molar-refractivity contribution < 1.29 is 13.3 Å². The minimum Gasteiger partial charge on any atom is -0.390 e. The van der Waals surface area contributed by atoms with Crippen LogP contribution in [0.5, 0.6) is 0 Å². The predicted molar refractivity (Wildman–Crippen MR) is 108 cm³/mol. The maximum atomic E-state index is 13.0. The molecule has 2 aromatic carbocycles. The standard InChI is InChI=1S/C21H25N3O3S/c25-28(26,18-12-5-2-6-13-18)24-16-8-14-19(24)21-22-20(23-27-21)15-7-11-17-9-3-1-4-10-17/h1-6,9-10,12-13,19-20,23H,7-8,11,14-16H2/t19-,20?/m0/s1. The molecule has 0 amide bonds. The minimum absolute atomic E-state index is 0.124. The second kappa shape index (κ2) is 8.43. The Hall–Kier alpha value is -2.22. The Labute approximate surface area is 166 Å². The molecule has 2 heterocycles. The molecule has 28 heavy (non-hydrogen) atoms. The highest BCUT2D eigenvalue weighted by molar-refractivity contribution is 7.89. The first-order valence-corrected chi connectivity index (χ1v) is 11.2. The van der Waals surface area contributed by atoms with Crippen LogP contribution in [0.1, 0.15) is 31.2 Å². The molecule has 2 aromatic rings. The van der Waals surface area contributed by atoms with Gasteiger partial charge in [-0.15, -0.1) is 5.48 Å². The van der Waals surface area contributed by atoms with Crippen molar-refractivity contribution in [3.63, 3.8) is 0 Å². The summed E-state index contributed by atoms with van der Waals surface area (Å²) in [5.41, 5.74) is 4.26. The van der Waals surface area contributed by atoms with Gasteiger partial charge in [-0.25, -0.2) is 13.4 Å². The Morgan fingerprint density at radius 1 is 1.07 bits per heavy atom. The van der Waals surface area contributed by atoms with Crippen molar-refractivity contribution in [2.24, 2.45) is 4.99 Å². The van der Waals surface area contributed by atoms with E-state index in [9.17, 15) is 8.42 Å². The Balaban J connectivity index is 1.40. The van der Waals surface area contributed by atoms with Crippen LogP contribution in [0.2, 0.25) is 0 Å². The fourth-order valence-corrected chi connectivity index (χ4v) is 5.43. The van der Waals surface area contributed by atoms with Crippen molar-refractivity contribution in [3.05, 3.63) is 66.2 Å². The Morgan fingerprint density at radius 2 is 1.79 bits per heavy atom. The Morgan fingerprint density at radius 3 is 2.54 bits per heavy atom. The lowest BCUT2D eigenvalue weighted by Crippen LogP contribution is -2.41. The normalized spacial score (nSPS) is 22.8. The van der Waals surface area contributed by atoms with Crippen LogP contribution < -0.4 is 5.48 Å². The van der Waals surface area contributed by atoms with Crippen LogP contribution in [0.15, 0.2) is 70.6 Å². The maximum Gasteiger partial charge on any atom is 0.243 e. The van der Waals surface area contributed by atoms with E-state index in [1.165, 1.54) is 9.87 Å². The van der Waals surface area contributed by atoms with Crippen molar-refractivity contribution in [3.8, 4) is 0 Å². The molecule has 4 rings (SSSR count). The first kappa shape index (κ1) is 19.1. The first-order valence-electron chi connectivity index (χ1n) is 9.75. The molecule has 1 unspecified atom stereocenters. The van der Waals surface area contributed by atoms with Crippen LogP contribution in [0.3, 0.4) is 0 Å². The third-order valence-corrected chi connectivity index (χ3v) is 7.13. The van der Waals surface area contributed by atoms with Gasteiger partial charge in [-0.05, 0) is 49.8 Å². The van der Waals surface area contributed by atoms with Crippen molar-refractivity contribution in [2.45, 2.75) is 49.2 Å². The molecule has 0 spiro atoms. The zero-order valence-electron chi connectivity index (χ0n) is 15.7. The number of rotatable bonds is 7. The molecule has 148 valence electrons. The average Bonchev–Trinajstić information content (AvgIpc) is 3.39. The van der Waals surface area contributed by atoms with Gasteiger partial charge < -0.3 is 4.84 Å². The quantitative estimate of drug-likeness (QED) is 0.777. The zero-order chi connectivity index (χ0) is 19.4. The SMILES string of the molecule is O=S(=O)(c1ccccc1)N1CCC[C@H]1C1=NC(CCCc2ccccc2)NO1. The summed E-state index contributed by atoms with van der Waals surface area (Å²) in [5.74, 6) is 0.488. The summed E-state index contributed by atoms with van der Waals surface area (Å²) < 4.78 is 27.5. The predicted octanol–water partition coefficient (Wildman–Crippen LogP) is 3.12. The summed E-state index contributed by atoms with van der Waals surface area (Å²) >= 11 is 0. The summed E-state index contributed by atoms with van der Waals surface area (Å²) in [6.45, 7) is 0.489. The van der Waals surface area contributed by atoms with Gasteiger partial charge in [0.05, 0.1) is 4.90 Å². The number of hydrogen-bond donors (Lipinski definition) is 1. The molecule has 1 saturated heterocycles. The van der Waals surface area contributed by atoms with E-state index < -0.39 is 10.0 Å². The van der Waals surface area contributed by atoms with Gasteiger partial charge in [-0.2, -0.15) is 4.31 Å². The molecule has 1 N–H and O–H groups in total. The number of nitrogens with zero attached hydrogens (tertiary/aromatic N) is 2. The molecule has 1 fully saturated rings. The summed E-state index contributed by atoms with van der Waals surface area (Å²) in [6, 6.07) is 18.6. The van der Waals surface area contributed by atoms with Crippen LogP contribution in [0, 0.1) is 0 Å². The molecule has 0 radical (unpaired) electrons. The molecular formula is C21H25N3O3S. The van der Waals surface area contributed by atoms with Crippen LogP contribution in [-0.4, -0.2) is 37.4 Å². The van der Waals surface area contributed by atoms with Crippen LogP contribution >= 0.6 is 0 Å². The van der Waals surface area contributed by atoms with Crippen molar-refractivity contribution in [1.82, 2.24) is 9.79 Å². The second-order valence-corrected chi connectivity index (χ2v) is 9.06. The molecule has 0 bridgehead atoms. The molecule has 6 nitrogen and oxygen atoms in total. The van der Waals surface area contributed by atoms with Crippen LogP contribution in [-0.2, 0) is 21.3 Å². The molecule has 0 saturated carbocycles. The van der Waals surface area contributed by atoms with E-state index >= 15 is 0 Å². The van der Waals surface area contributed by atoms with Crippen LogP contribution in [0.25, 0.3) is 0 Å². The number of hydroxylamine groups is 1. The summed E-state index contributed by atoms with van der Waals surface area (Å²) in [7, 11) is -3.55.